The third kappa shape index (κ3) is 3.72. The maximum absolute atomic E-state index is 13.2. The van der Waals surface area contributed by atoms with Crippen molar-refractivity contribution < 1.29 is 9.50 Å². The molecule has 1 aromatic heterocycles. The Bertz CT molecular complexity index is 626. The number of benzene rings is 1. The highest BCUT2D eigenvalue weighted by molar-refractivity contribution is 7.99. The second kappa shape index (κ2) is 7.01. The molecule has 0 saturated heterocycles. The molecule has 3 nitrogen and oxygen atoms in total. The highest BCUT2D eigenvalue weighted by atomic mass is 35.5. The molecule has 2 rings (SSSR count). The summed E-state index contributed by atoms with van der Waals surface area (Å²) < 4.78 is 14.6. The van der Waals surface area contributed by atoms with E-state index in [9.17, 15) is 9.50 Å². The molecule has 0 atom stereocenters. The zero-order valence-corrected chi connectivity index (χ0v) is 13.9. The molecule has 2 aromatic rings. The first-order chi connectivity index (χ1) is 9.96. The van der Waals surface area contributed by atoms with Crippen LogP contribution in [0.1, 0.15) is 31.3 Å². The van der Waals surface area contributed by atoms with Crippen molar-refractivity contribution in [2.75, 3.05) is 0 Å². The summed E-state index contributed by atoms with van der Waals surface area (Å²) >= 11 is 13.3. The first kappa shape index (κ1) is 16.6. The highest BCUT2D eigenvalue weighted by Crippen LogP contribution is 2.36. The molecule has 1 aromatic carbocycles. The fourth-order valence-corrected chi connectivity index (χ4v) is 3.93. The van der Waals surface area contributed by atoms with Crippen LogP contribution in [0.4, 0.5) is 4.39 Å². The Morgan fingerprint density at radius 3 is 2.38 bits per heavy atom. The molecule has 21 heavy (non-hydrogen) atoms. The molecule has 1 N–H and O–H groups in total. The number of nitrogens with zero attached hydrogens (tertiary/aromatic N) is 2. The van der Waals surface area contributed by atoms with Crippen molar-refractivity contribution in [2.24, 2.45) is 0 Å². The molecule has 0 aliphatic rings. The van der Waals surface area contributed by atoms with Crippen molar-refractivity contribution in [2.45, 2.75) is 43.1 Å². The van der Waals surface area contributed by atoms with Gasteiger partial charge in [-0.3, -0.25) is 0 Å². The molecule has 0 bridgehead atoms. The summed E-state index contributed by atoms with van der Waals surface area (Å²) in [6.07, 6.45) is 0. The lowest BCUT2D eigenvalue weighted by atomic mass is 10.1. The van der Waals surface area contributed by atoms with Gasteiger partial charge in [0.2, 0.25) is 0 Å². The minimum atomic E-state index is -0.715. The van der Waals surface area contributed by atoms with Crippen molar-refractivity contribution in [1.82, 2.24) is 9.55 Å². The second-order valence-corrected chi connectivity index (χ2v) is 6.72. The number of rotatable bonds is 5. The number of alkyl halides is 1. The largest absolute Gasteiger partial charge is 0.388 e. The third-order valence-corrected chi connectivity index (χ3v) is 4.31. The van der Waals surface area contributed by atoms with Crippen LogP contribution in [0.3, 0.4) is 0 Å². The van der Waals surface area contributed by atoms with Crippen LogP contribution < -0.4 is 0 Å². The van der Waals surface area contributed by atoms with Gasteiger partial charge in [-0.05, 0) is 24.1 Å². The maximum Gasteiger partial charge on any atom is 0.166 e. The number of hydrogen-bond donors (Lipinski definition) is 1. The van der Waals surface area contributed by atoms with Gasteiger partial charge in [-0.15, -0.1) is 0 Å². The Labute approximate surface area is 137 Å². The summed E-state index contributed by atoms with van der Waals surface area (Å²) in [5.74, 6) is 0.391. The third-order valence-electron chi connectivity index (χ3n) is 2.91. The number of hydrogen-bond acceptors (Lipinski definition) is 3. The van der Waals surface area contributed by atoms with Gasteiger partial charge in [0.05, 0.1) is 5.69 Å². The van der Waals surface area contributed by atoms with E-state index in [2.05, 4.69) is 4.98 Å². The van der Waals surface area contributed by atoms with Crippen molar-refractivity contribution in [3.63, 3.8) is 0 Å². The van der Waals surface area contributed by atoms with Crippen molar-refractivity contribution in [1.29, 1.82) is 0 Å². The SMILES string of the molecule is CC(C)c1c(Sc2cc(Cl)cc(Cl)c2)nc(CO)n1CF. The first-order valence-electron chi connectivity index (χ1n) is 6.36. The Hall–Kier alpha value is -0.750. The Balaban J connectivity index is 2.45. The fraction of sp³-hybridized carbons (Fsp3) is 0.357. The molecule has 0 spiro atoms. The molecule has 0 saturated carbocycles. The molecule has 0 unspecified atom stereocenters. The van der Waals surface area contributed by atoms with Gasteiger partial charge in [-0.2, -0.15) is 0 Å². The standard InChI is InChI=1S/C14H15Cl2FN2OS/c1-8(2)13-14(18-12(6-20)19(13)7-17)21-11-4-9(15)3-10(16)5-11/h3-5,8,20H,6-7H2,1-2H3. The minimum Gasteiger partial charge on any atom is -0.388 e. The monoisotopic (exact) mass is 348 g/mol. The lowest BCUT2D eigenvalue weighted by molar-refractivity contribution is 0.251. The van der Waals surface area contributed by atoms with E-state index in [0.717, 1.165) is 10.6 Å². The van der Waals surface area contributed by atoms with Crippen molar-refractivity contribution in [3.05, 3.63) is 39.8 Å². The van der Waals surface area contributed by atoms with E-state index in [1.54, 1.807) is 18.2 Å². The van der Waals surface area contributed by atoms with Crippen LogP contribution in [0.5, 0.6) is 0 Å². The first-order valence-corrected chi connectivity index (χ1v) is 7.93. The molecular formula is C14H15Cl2FN2OS. The molecule has 0 fully saturated rings. The van der Waals surface area contributed by atoms with Gasteiger partial charge >= 0.3 is 0 Å². The van der Waals surface area contributed by atoms with Gasteiger partial charge in [0, 0.05) is 14.9 Å². The predicted octanol–water partition coefficient (Wildman–Crippen LogP) is 4.88. The predicted molar refractivity (Wildman–Crippen MR) is 83.9 cm³/mol. The number of aromatic nitrogens is 2. The van der Waals surface area contributed by atoms with Gasteiger partial charge in [-0.1, -0.05) is 48.8 Å². The Morgan fingerprint density at radius 1 is 1.29 bits per heavy atom. The van der Waals surface area contributed by atoms with Crippen LogP contribution in [0.15, 0.2) is 28.1 Å². The lowest BCUT2D eigenvalue weighted by Crippen LogP contribution is -2.06. The quantitative estimate of drug-likeness (QED) is 0.836. The van der Waals surface area contributed by atoms with Gasteiger partial charge in [-0.25, -0.2) is 9.37 Å². The van der Waals surface area contributed by atoms with Gasteiger partial charge in [0.25, 0.3) is 0 Å². The molecular weight excluding hydrogens is 334 g/mol. The van der Waals surface area contributed by atoms with E-state index in [4.69, 9.17) is 23.2 Å². The average Bonchev–Trinajstić information content (AvgIpc) is 2.75. The molecule has 0 aliphatic carbocycles. The van der Waals surface area contributed by atoms with Crippen LogP contribution in [-0.2, 0) is 13.4 Å². The van der Waals surface area contributed by atoms with E-state index < -0.39 is 6.80 Å². The van der Waals surface area contributed by atoms with E-state index in [-0.39, 0.29) is 12.5 Å². The summed E-state index contributed by atoms with van der Waals surface area (Å²) in [5, 5.41) is 11.0. The summed E-state index contributed by atoms with van der Waals surface area (Å²) in [5.41, 5.74) is 0.752. The molecule has 114 valence electrons. The summed E-state index contributed by atoms with van der Waals surface area (Å²) in [4.78, 5) is 5.15. The van der Waals surface area contributed by atoms with E-state index in [0.29, 0.717) is 20.9 Å². The zero-order chi connectivity index (χ0) is 15.6. The second-order valence-electron chi connectivity index (χ2n) is 4.79. The molecule has 0 radical (unpaired) electrons. The summed E-state index contributed by atoms with van der Waals surface area (Å²) in [7, 11) is 0. The smallest absolute Gasteiger partial charge is 0.166 e. The number of aliphatic hydroxyl groups excluding tert-OH is 1. The average molecular weight is 349 g/mol. The van der Waals surface area contributed by atoms with Crippen LogP contribution in [-0.4, -0.2) is 14.7 Å². The normalized spacial score (nSPS) is 11.4. The van der Waals surface area contributed by atoms with Crippen LogP contribution in [0, 0.1) is 0 Å². The summed E-state index contributed by atoms with van der Waals surface area (Å²) in [6, 6.07) is 5.19. The zero-order valence-electron chi connectivity index (χ0n) is 11.6. The summed E-state index contributed by atoms with van der Waals surface area (Å²) in [6.45, 7) is 2.90. The Morgan fingerprint density at radius 2 is 1.90 bits per heavy atom. The minimum absolute atomic E-state index is 0.0747. The van der Waals surface area contributed by atoms with Crippen LogP contribution in [0.2, 0.25) is 10.0 Å². The Kier molecular flexibility index (Phi) is 5.54. The van der Waals surface area contributed by atoms with Crippen LogP contribution in [0.25, 0.3) is 0 Å². The van der Waals surface area contributed by atoms with Gasteiger partial charge < -0.3 is 9.67 Å². The van der Waals surface area contributed by atoms with Crippen LogP contribution >= 0.6 is 35.0 Å². The van der Waals surface area contributed by atoms with E-state index >= 15 is 0 Å². The topological polar surface area (TPSA) is 38.1 Å². The highest BCUT2D eigenvalue weighted by Gasteiger charge is 2.20. The van der Waals surface area contributed by atoms with Crippen molar-refractivity contribution >= 4 is 35.0 Å². The number of halogens is 3. The fourth-order valence-electron chi connectivity index (χ4n) is 2.08. The molecule has 1 heterocycles. The number of imidazole rings is 1. The van der Waals surface area contributed by atoms with Gasteiger partial charge in [0.15, 0.2) is 6.80 Å². The maximum atomic E-state index is 13.2. The number of aliphatic hydroxyl groups is 1. The van der Waals surface area contributed by atoms with E-state index in [1.807, 2.05) is 13.8 Å². The molecule has 0 aliphatic heterocycles. The lowest BCUT2D eigenvalue weighted by Gasteiger charge is -2.11. The van der Waals surface area contributed by atoms with Gasteiger partial charge in [0.1, 0.15) is 17.5 Å². The van der Waals surface area contributed by atoms with E-state index in [1.165, 1.54) is 16.3 Å². The van der Waals surface area contributed by atoms with Crippen molar-refractivity contribution in [3.8, 4) is 0 Å². The molecule has 0 amide bonds. The molecule has 7 heteroatoms.